The number of primary amides is 1. The standard InChI is InChI=1S/C11H17N3O3/c1-16-10-6-8(2-3-9(10)12)14-4-5-17-7-11(13)15/h2-3,6,14H,4-5,7,12H2,1H3,(H2,13,15). The van der Waals surface area contributed by atoms with Gasteiger partial charge in [0.2, 0.25) is 5.91 Å². The average molecular weight is 239 g/mol. The van der Waals surface area contributed by atoms with E-state index in [1.54, 1.807) is 19.2 Å². The van der Waals surface area contributed by atoms with Crippen LogP contribution >= 0.6 is 0 Å². The Kier molecular flexibility index (Phi) is 5.09. The van der Waals surface area contributed by atoms with E-state index in [4.69, 9.17) is 20.9 Å². The molecule has 6 nitrogen and oxygen atoms in total. The Hall–Kier alpha value is -1.95. The number of rotatable bonds is 7. The highest BCUT2D eigenvalue weighted by atomic mass is 16.5. The lowest BCUT2D eigenvalue weighted by atomic mass is 10.2. The first-order valence-corrected chi connectivity index (χ1v) is 5.17. The number of nitrogens with one attached hydrogen (secondary N) is 1. The van der Waals surface area contributed by atoms with Gasteiger partial charge in [-0.3, -0.25) is 4.79 Å². The molecule has 0 unspecified atom stereocenters. The number of anilines is 2. The van der Waals surface area contributed by atoms with Crippen molar-refractivity contribution in [2.45, 2.75) is 0 Å². The molecule has 0 fully saturated rings. The molecule has 6 heteroatoms. The molecule has 0 saturated heterocycles. The van der Waals surface area contributed by atoms with Crippen molar-refractivity contribution in [2.75, 3.05) is 37.9 Å². The van der Waals surface area contributed by atoms with Gasteiger partial charge >= 0.3 is 0 Å². The zero-order valence-electron chi connectivity index (χ0n) is 9.73. The maximum absolute atomic E-state index is 10.4. The van der Waals surface area contributed by atoms with E-state index in [0.717, 1.165) is 5.69 Å². The fourth-order valence-corrected chi connectivity index (χ4v) is 1.26. The molecule has 1 aromatic carbocycles. The van der Waals surface area contributed by atoms with Crippen molar-refractivity contribution in [3.63, 3.8) is 0 Å². The van der Waals surface area contributed by atoms with E-state index in [0.29, 0.717) is 24.6 Å². The topological polar surface area (TPSA) is 99.6 Å². The van der Waals surface area contributed by atoms with E-state index >= 15 is 0 Å². The molecule has 5 N–H and O–H groups in total. The fourth-order valence-electron chi connectivity index (χ4n) is 1.26. The quantitative estimate of drug-likeness (QED) is 0.466. The first-order chi connectivity index (χ1) is 8.13. The molecule has 94 valence electrons. The third-order valence-corrected chi connectivity index (χ3v) is 2.05. The Morgan fingerprint density at radius 1 is 1.47 bits per heavy atom. The summed E-state index contributed by atoms with van der Waals surface area (Å²) in [6, 6.07) is 5.39. The lowest BCUT2D eigenvalue weighted by Gasteiger charge is -2.09. The van der Waals surface area contributed by atoms with Gasteiger partial charge in [-0.15, -0.1) is 0 Å². The number of nitrogens with two attached hydrogens (primary N) is 2. The Bertz CT molecular complexity index is 382. The molecule has 0 aromatic heterocycles. The normalized spacial score (nSPS) is 9.94. The molecule has 0 saturated carbocycles. The summed E-state index contributed by atoms with van der Waals surface area (Å²) in [4.78, 5) is 10.4. The number of methoxy groups -OCH3 is 1. The van der Waals surface area contributed by atoms with Crippen molar-refractivity contribution in [3.05, 3.63) is 18.2 Å². The van der Waals surface area contributed by atoms with E-state index in [9.17, 15) is 4.79 Å². The maximum Gasteiger partial charge on any atom is 0.243 e. The number of ether oxygens (including phenoxy) is 2. The highest BCUT2D eigenvalue weighted by Crippen LogP contribution is 2.24. The summed E-state index contributed by atoms with van der Waals surface area (Å²) in [5, 5.41) is 3.11. The summed E-state index contributed by atoms with van der Waals surface area (Å²) in [6.07, 6.45) is 0. The van der Waals surface area contributed by atoms with Crippen molar-refractivity contribution in [1.29, 1.82) is 0 Å². The average Bonchev–Trinajstić information content (AvgIpc) is 2.30. The van der Waals surface area contributed by atoms with Gasteiger partial charge in [-0.05, 0) is 12.1 Å². The summed E-state index contributed by atoms with van der Waals surface area (Å²) in [5.41, 5.74) is 12.1. The van der Waals surface area contributed by atoms with Crippen LogP contribution in [0.4, 0.5) is 11.4 Å². The van der Waals surface area contributed by atoms with Crippen molar-refractivity contribution in [1.82, 2.24) is 0 Å². The van der Waals surface area contributed by atoms with Crippen molar-refractivity contribution in [2.24, 2.45) is 5.73 Å². The zero-order valence-corrected chi connectivity index (χ0v) is 9.73. The number of amides is 1. The van der Waals surface area contributed by atoms with Crippen LogP contribution in [0.3, 0.4) is 0 Å². The fraction of sp³-hybridized carbons (Fsp3) is 0.364. The van der Waals surface area contributed by atoms with Crippen LogP contribution in [-0.2, 0) is 9.53 Å². The van der Waals surface area contributed by atoms with Gasteiger partial charge in [0, 0.05) is 18.3 Å². The summed E-state index contributed by atoms with van der Waals surface area (Å²) in [7, 11) is 1.56. The van der Waals surface area contributed by atoms with E-state index in [2.05, 4.69) is 5.32 Å². The van der Waals surface area contributed by atoms with Gasteiger partial charge in [0.15, 0.2) is 0 Å². The second kappa shape index (κ2) is 6.59. The van der Waals surface area contributed by atoms with E-state index in [1.807, 2.05) is 6.07 Å². The molecule has 1 amide bonds. The van der Waals surface area contributed by atoms with Gasteiger partial charge in [-0.2, -0.15) is 0 Å². The van der Waals surface area contributed by atoms with Gasteiger partial charge < -0.3 is 26.3 Å². The van der Waals surface area contributed by atoms with Crippen LogP contribution in [0.2, 0.25) is 0 Å². The Labute approximate surface area is 99.9 Å². The van der Waals surface area contributed by atoms with E-state index < -0.39 is 5.91 Å². The maximum atomic E-state index is 10.4. The lowest BCUT2D eigenvalue weighted by molar-refractivity contribution is -0.122. The molecule has 1 rings (SSSR count). The number of hydrogen-bond donors (Lipinski definition) is 3. The van der Waals surface area contributed by atoms with Crippen LogP contribution in [0, 0.1) is 0 Å². The first kappa shape index (κ1) is 13.1. The monoisotopic (exact) mass is 239 g/mol. The summed E-state index contributed by atoms with van der Waals surface area (Å²) in [5.74, 6) is 0.146. The summed E-state index contributed by atoms with van der Waals surface area (Å²) < 4.78 is 10.1. The minimum absolute atomic E-state index is 0.0628. The molecule has 0 aliphatic rings. The predicted molar refractivity (Wildman–Crippen MR) is 65.9 cm³/mol. The van der Waals surface area contributed by atoms with Crippen molar-refractivity contribution >= 4 is 17.3 Å². The van der Waals surface area contributed by atoms with Crippen molar-refractivity contribution in [3.8, 4) is 5.75 Å². The molecule has 0 atom stereocenters. The third kappa shape index (κ3) is 4.60. The van der Waals surface area contributed by atoms with Crippen LogP contribution in [0.25, 0.3) is 0 Å². The Balaban J connectivity index is 2.34. The van der Waals surface area contributed by atoms with Crippen LogP contribution in [0.15, 0.2) is 18.2 Å². The largest absolute Gasteiger partial charge is 0.495 e. The van der Waals surface area contributed by atoms with E-state index in [-0.39, 0.29) is 6.61 Å². The Morgan fingerprint density at radius 2 is 2.24 bits per heavy atom. The van der Waals surface area contributed by atoms with Crippen LogP contribution < -0.4 is 21.5 Å². The molecule has 0 aliphatic heterocycles. The van der Waals surface area contributed by atoms with Crippen LogP contribution in [0.1, 0.15) is 0 Å². The number of carbonyl (C=O) groups excluding carboxylic acids is 1. The number of hydrogen-bond acceptors (Lipinski definition) is 5. The molecule has 0 radical (unpaired) electrons. The molecule has 0 bridgehead atoms. The van der Waals surface area contributed by atoms with Gasteiger partial charge in [-0.25, -0.2) is 0 Å². The molecule has 0 spiro atoms. The highest BCUT2D eigenvalue weighted by Gasteiger charge is 2.00. The minimum Gasteiger partial charge on any atom is -0.495 e. The molecule has 0 heterocycles. The Morgan fingerprint density at radius 3 is 2.88 bits per heavy atom. The summed E-state index contributed by atoms with van der Waals surface area (Å²) in [6.45, 7) is 0.905. The van der Waals surface area contributed by atoms with E-state index in [1.165, 1.54) is 0 Å². The molecule has 0 aliphatic carbocycles. The highest BCUT2D eigenvalue weighted by molar-refractivity contribution is 5.74. The molecule has 17 heavy (non-hydrogen) atoms. The number of benzene rings is 1. The number of nitrogen functional groups attached to an aromatic ring is 1. The second-order valence-electron chi connectivity index (χ2n) is 3.40. The van der Waals surface area contributed by atoms with Gasteiger partial charge in [0.1, 0.15) is 12.4 Å². The third-order valence-electron chi connectivity index (χ3n) is 2.05. The molecular weight excluding hydrogens is 222 g/mol. The van der Waals surface area contributed by atoms with Gasteiger partial charge in [0.25, 0.3) is 0 Å². The van der Waals surface area contributed by atoms with Gasteiger partial charge in [0.05, 0.1) is 19.4 Å². The molecule has 1 aromatic rings. The van der Waals surface area contributed by atoms with Crippen molar-refractivity contribution < 1.29 is 14.3 Å². The molecular formula is C11H17N3O3. The van der Waals surface area contributed by atoms with Gasteiger partial charge in [-0.1, -0.05) is 0 Å². The minimum atomic E-state index is -0.473. The smallest absolute Gasteiger partial charge is 0.243 e. The van der Waals surface area contributed by atoms with Crippen LogP contribution in [0.5, 0.6) is 5.75 Å². The zero-order chi connectivity index (χ0) is 12.7. The second-order valence-corrected chi connectivity index (χ2v) is 3.40. The number of carbonyl (C=O) groups is 1. The van der Waals surface area contributed by atoms with Crippen LogP contribution in [-0.4, -0.2) is 32.8 Å². The SMILES string of the molecule is COc1cc(NCCOCC(N)=O)ccc1N. The first-order valence-electron chi connectivity index (χ1n) is 5.17. The predicted octanol–water partition coefficient (Wildman–Crippen LogP) is 0.191. The summed E-state index contributed by atoms with van der Waals surface area (Å²) >= 11 is 0. The lowest BCUT2D eigenvalue weighted by Crippen LogP contribution is -2.20.